The quantitative estimate of drug-likeness (QED) is 0.249. The smallest absolute Gasteiger partial charge is 0.306 e. The van der Waals surface area contributed by atoms with E-state index in [1.807, 2.05) is 16.3 Å². The molecular weight excluding hydrogens is 711 g/mol. The molecule has 7 fully saturated rings. The molecule has 3 saturated heterocycles. The number of thiophene rings is 1. The van der Waals surface area contributed by atoms with E-state index in [9.17, 15) is 14.7 Å². The van der Waals surface area contributed by atoms with E-state index < -0.39 is 5.97 Å². The molecule has 7 aliphatic rings. The third-order valence-corrected chi connectivity index (χ3v) is 15.4. The number of carboxylic acid groups (broad SMARTS) is 1. The van der Waals surface area contributed by atoms with Gasteiger partial charge in [-0.25, -0.2) is 9.97 Å². The number of aromatic nitrogens is 2. The number of nitrogens with zero attached hydrogens (tertiary/aromatic N) is 5. The molecule has 13 heteroatoms. The first-order valence-electron chi connectivity index (χ1n) is 18.5. The van der Waals surface area contributed by atoms with Crippen molar-refractivity contribution in [3.05, 3.63) is 39.3 Å². The Kier molecular flexibility index (Phi) is 9.03. The van der Waals surface area contributed by atoms with Crippen LogP contribution in [0.4, 0.5) is 16.0 Å². The van der Waals surface area contributed by atoms with Gasteiger partial charge in [-0.15, -0.1) is 11.3 Å². The maximum absolute atomic E-state index is 13.5. The van der Waals surface area contributed by atoms with Crippen LogP contribution < -0.4 is 15.1 Å². The fraction of sp³-hybridized carbons (Fsp3) is 0.622. The lowest BCUT2D eigenvalue weighted by Gasteiger charge is -2.53. The maximum atomic E-state index is 13.5. The number of pyridine rings is 1. The van der Waals surface area contributed by atoms with Crippen LogP contribution in [0.1, 0.15) is 74.6 Å². The van der Waals surface area contributed by atoms with Crippen LogP contribution in [0.5, 0.6) is 0 Å². The Balaban J connectivity index is 0.930. The van der Waals surface area contributed by atoms with E-state index in [0.29, 0.717) is 64.4 Å². The summed E-state index contributed by atoms with van der Waals surface area (Å²) in [5.74, 6) is 3.49. The number of carboxylic acids is 1. The number of amides is 1. The second kappa shape index (κ2) is 13.5. The van der Waals surface area contributed by atoms with Gasteiger partial charge in [-0.2, -0.15) is 0 Å². The number of thiazole rings is 1. The van der Waals surface area contributed by atoms with Crippen LogP contribution in [-0.2, 0) is 4.79 Å². The van der Waals surface area contributed by atoms with E-state index in [4.69, 9.17) is 28.2 Å². The number of carbonyl (C=O) groups excluding carboxylic acids is 1. The molecule has 0 radical (unpaired) electrons. The lowest BCUT2D eigenvalue weighted by atomic mass is 9.58. The average molecular weight is 756 g/mol. The van der Waals surface area contributed by atoms with Gasteiger partial charge in [0.2, 0.25) is 0 Å². The summed E-state index contributed by atoms with van der Waals surface area (Å²) in [6.45, 7) is 4.38. The fourth-order valence-electron chi connectivity index (χ4n) is 10.5. The van der Waals surface area contributed by atoms with Crippen LogP contribution in [0.2, 0.25) is 10.0 Å². The number of carbonyl (C=O) groups is 2. The van der Waals surface area contributed by atoms with Crippen LogP contribution >= 0.6 is 45.9 Å². The van der Waals surface area contributed by atoms with Crippen LogP contribution in [0.3, 0.4) is 0 Å². The van der Waals surface area contributed by atoms with E-state index in [0.717, 1.165) is 58.4 Å². The highest BCUT2D eigenvalue weighted by Crippen LogP contribution is 2.53. The highest BCUT2D eigenvalue weighted by Gasteiger charge is 2.51. The van der Waals surface area contributed by atoms with Gasteiger partial charge in [0, 0.05) is 49.8 Å². The van der Waals surface area contributed by atoms with Gasteiger partial charge in [-0.1, -0.05) is 41.0 Å². The molecule has 6 heterocycles. The number of hydrogen-bond donors (Lipinski definition) is 2. The van der Waals surface area contributed by atoms with Crippen molar-refractivity contribution in [1.82, 2.24) is 14.9 Å². The molecule has 10 rings (SSSR count). The maximum Gasteiger partial charge on any atom is 0.306 e. The second-order valence-corrected chi connectivity index (χ2v) is 18.5. The van der Waals surface area contributed by atoms with Crippen molar-refractivity contribution in [1.29, 1.82) is 0 Å². The molecule has 1 amide bonds. The highest BCUT2D eigenvalue weighted by atomic mass is 35.5. The van der Waals surface area contributed by atoms with Crippen LogP contribution in [-0.4, -0.2) is 76.7 Å². The van der Waals surface area contributed by atoms with Crippen LogP contribution in [0.15, 0.2) is 23.7 Å². The molecule has 266 valence electrons. The van der Waals surface area contributed by atoms with E-state index in [-0.39, 0.29) is 11.8 Å². The molecule has 3 aromatic heterocycles. The predicted molar refractivity (Wildman–Crippen MR) is 201 cm³/mol. The van der Waals surface area contributed by atoms with Gasteiger partial charge < -0.3 is 14.9 Å². The summed E-state index contributed by atoms with van der Waals surface area (Å²) < 4.78 is 0. The number of hydrogen-bond acceptors (Lipinski definition) is 9. The topological polar surface area (TPSA) is 102 Å². The van der Waals surface area contributed by atoms with Gasteiger partial charge in [-0.05, 0) is 106 Å². The lowest BCUT2D eigenvalue weighted by Crippen LogP contribution is -2.54. The largest absolute Gasteiger partial charge is 0.481 e. The minimum absolute atomic E-state index is 0.315. The normalized spacial score (nSPS) is 31.2. The summed E-state index contributed by atoms with van der Waals surface area (Å²) >= 11 is 16.2. The van der Waals surface area contributed by atoms with Gasteiger partial charge in [0.1, 0.15) is 16.5 Å². The van der Waals surface area contributed by atoms with E-state index in [2.05, 4.69) is 20.1 Å². The zero-order valence-corrected chi connectivity index (χ0v) is 31.3. The zero-order chi connectivity index (χ0) is 34.1. The first-order chi connectivity index (χ1) is 24.3. The molecule has 4 bridgehead atoms. The van der Waals surface area contributed by atoms with Crippen molar-refractivity contribution in [2.45, 2.75) is 76.3 Å². The SMILES string of the molecule is O=C(Nc1nc(-c2cc(Cl)cs2)c(N2CC3CCN(C4[C@H]5CCC[C@H]4CC4CC(C4)C5)C3C2)s1)c1cnc(N2CCC(C(=O)O)CC2)c(Cl)c1. The molecule has 4 atom stereocenters. The molecule has 50 heavy (non-hydrogen) atoms. The summed E-state index contributed by atoms with van der Waals surface area (Å²) in [5.41, 5.74) is 1.23. The fourth-order valence-corrected chi connectivity index (χ4v) is 13.0. The number of fused-ring (bicyclic) bond motifs is 1. The molecule has 4 aliphatic carbocycles. The van der Waals surface area contributed by atoms with Crippen LogP contribution in [0, 0.1) is 35.5 Å². The Bertz CT molecular complexity index is 1750. The van der Waals surface area contributed by atoms with Gasteiger partial charge in [-0.3, -0.25) is 19.8 Å². The third kappa shape index (κ3) is 6.22. The van der Waals surface area contributed by atoms with Crippen molar-refractivity contribution in [2.75, 3.05) is 47.8 Å². The number of rotatable bonds is 7. The zero-order valence-electron chi connectivity index (χ0n) is 28.1. The molecule has 0 spiro atoms. The Labute approximate surface area is 311 Å². The molecule has 0 aromatic carbocycles. The number of anilines is 3. The van der Waals surface area contributed by atoms with Gasteiger partial charge in [0.15, 0.2) is 5.13 Å². The van der Waals surface area contributed by atoms with E-state index in [1.54, 1.807) is 23.6 Å². The second-order valence-electron chi connectivity index (χ2n) is 15.8. The van der Waals surface area contributed by atoms with Crippen molar-refractivity contribution in [3.63, 3.8) is 0 Å². The first kappa shape index (κ1) is 33.4. The molecule has 2 N–H and O–H groups in total. The number of likely N-dealkylation sites (tertiary alicyclic amines) is 1. The summed E-state index contributed by atoms with van der Waals surface area (Å²) in [7, 11) is 0. The molecule has 3 aromatic rings. The summed E-state index contributed by atoms with van der Waals surface area (Å²) in [4.78, 5) is 43.0. The summed E-state index contributed by atoms with van der Waals surface area (Å²) in [6, 6.07) is 4.93. The van der Waals surface area contributed by atoms with Gasteiger partial charge >= 0.3 is 5.97 Å². The van der Waals surface area contributed by atoms with Crippen molar-refractivity contribution >= 4 is 73.7 Å². The van der Waals surface area contributed by atoms with Crippen molar-refractivity contribution in [3.8, 4) is 10.6 Å². The summed E-state index contributed by atoms with van der Waals surface area (Å²) in [5, 5.41) is 17.0. The molecule has 9 nitrogen and oxygen atoms in total. The number of piperidine rings is 1. The number of nitrogens with one attached hydrogen (secondary N) is 1. The van der Waals surface area contributed by atoms with Crippen molar-refractivity contribution in [2.24, 2.45) is 35.5 Å². The number of halogens is 2. The van der Waals surface area contributed by atoms with Crippen molar-refractivity contribution < 1.29 is 14.7 Å². The Morgan fingerprint density at radius 3 is 2.34 bits per heavy atom. The standard InChI is InChI=1S/C37H44Cl2N6O3S2/c38-27-15-30(49-19-27)31-35(44-17-25-6-9-45(29(25)18-44)32-23-2-1-3-24(32)13-21-10-20(11-21)12-23)50-37(41-31)42-34(46)26-14-28(39)33(40-16-26)43-7-4-22(5-8-43)36(47)48/h14-16,19-25,29,32H,1-13,17-18H2,(H,47,48)(H,41,42,46)/t20?,21?,23-,24-,25?,29?,32?/m0/s1. The minimum Gasteiger partial charge on any atom is -0.481 e. The summed E-state index contributed by atoms with van der Waals surface area (Å²) in [6.07, 6.45) is 14.0. The Morgan fingerprint density at radius 2 is 1.66 bits per heavy atom. The molecular formula is C37H44Cl2N6O3S2. The van der Waals surface area contributed by atoms with Gasteiger partial charge in [0.05, 0.1) is 26.4 Å². The van der Waals surface area contributed by atoms with Gasteiger partial charge in [0.25, 0.3) is 5.91 Å². The number of aliphatic carboxylic acids is 1. The third-order valence-electron chi connectivity index (χ3n) is 12.8. The van der Waals surface area contributed by atoms with E-state index in [1.165, 1.54) is 69.2 Å². The lowest BCUT2D eigenvalue weighted by molar-refractivity contribution is -0.142. The Hall–Kier alpha value is -2.44. The molecule has 4 saturated carbocycles. The monoisotopic (exact) mass is 754 g/mol. The van der Waals surface area contributed by atoms with Crippen LogP contribution in [0.25, 0.3) is 10.6 Å². The van der Waals surface area contributed by atoms with E-state index >= 15 is 0 Å². The first-order valence-corrected chi connectivity index (χ1v) is 20.9. The molecule has 3 aliphatic heterocycles. The Morgan fingerprint density at radius 1 is 0.900 bits per heavy atom. The minimum atomic E-state index is -0.760. The molecule has 2 unspecified atom stereocenters. The highest BCUT2D eigenvalue weighted by molar-refractivity contribution is 7.21. The predicted octanol–water partition coefficient (Wildman–Crippen LogP) is 8.24. The average Bonchev–Trinajstić information content (AvgIpc) is 3.88.